The second-order valence-corrected chi connectivity index (χ2v) is 5.23. The van der Waals surface area contributed by atoms with E-state index in [0.717, 1.165) is 5.56 Å². The molecule has 2 aromatic rings. The van der Waals surface area contributed by atoms with E-state index in [2.05, 4.69) is 10.1 Å². The zero-order chi connectivity index (χ0) is 18.9. The normalized spacial score (nSPS) is 10.4. The van der Waals surface area contributed by atoms with Crippen LogP contribution in [0.25, 0.3) is 6.08 Å². The quantitative estimate of drug-likeness (QED) is 0.607. The highest BCUT2D eigenvalue weighted by atomic mass is 16.5. The van der Waals surface area contributed by atoms with Crippen molar-refractivity contribution in [3.63, 3.8) is 0 Å². The van der Waals surface area contributed by atoms with Crippen molar-refractivity contribution in [3.8, 4) is 11.5 Å². The maximum Gasteiger partial charge on any atom is 0.337 e. The number of carbonyl (C=O) groups excluding carboxylic acids is 2. The number of hydrogen-bond acceptors (Lipinski definition) is 5. The Morgan fingerprint density at radius 3 is 2.38 bits per heavy atom. The maximum atomic E-state index is 12.0. The summed E-state index contributed by atoms with van der Waals surface area (Å²) in [5, 5.41) is 2.72. The number of esters is 1. The predicted molar refractivity (Wildman–Crippen MR) is 99.6 cm³/mol. The zero-order valence-corrected chi connectivity index (χ0v) is 14.9. The van der Waals surface area contributed by atoms with Crippen molar-refractivity contribution in [2.75, 3.05) is 26.1 Å². The van der Waals surface area contributed by atoms with Crippen molar-refractivity contribution in [1.82, 2.24) is 0 Å². The number of hydrogen-bond donors (Lipinski definition) is 1. The van der Waals surface area contributed by atoms with Crippen LogP contribution in [0.4, 0.5) is 5.69 Å². The molecule has 0 aliphatic carbocycles. The summed E-state index contributed by atoms with van der Waals surface area (Å²) in [7, 11) is 2.88. The van der Waals surface area contributed by atoms with Crippen LogP contribution in [0.2, 0.25) is 0 Å². The van der Waals surface area contributed by atoms with E-state index in [1.54, 1.807) is 49.6 Å². The molecule has 26 heavy (non-hydrogen) atoms. The predicted octanol–water partition coefficient (Wildman–Crippen LogP) is 3.53. The SMILES string of the molecule is CCOc1ccc(/C=C/C(=O)Nc2ccc(C(=O)OC)cc2)cc1OC. The van der Waals surface area contributed by atoms with Gasteiger partial charge in [-0.1, -0.05) is 6.07 Å². The Morgan fingerprint density at radius 2 is 1.77 bits per heavy atom. The van der Waals surface area contributed by atoms with Crippen LogP contribution in [-0.2, 0) is 9.53 Å². The molecule has 0 saturated heterocycles. The van der Waals surface area contributed by atoms with Crippen LogP contribution in [0.3, 0.4) is 0 Å². The molecular formula is C20H21NO5. The molecule has 0 spiro atoms. The van der Waals surface area contributed by atoms with Crippen molar-refractivity contribution in [2.24, 2.45) is 0 Å². The molecule has 2 aromatic carbocycles. The van der Waals surface area contributed by atoms with Gasteiger partial charge in [0.1, 0.15) is 0 Å². The fourth-order valence-electron chi connectivity index (χ4n) is 2.23. The number of ether oxygens (including phenoxy) is 3. The summed E-state index contributed by atoms with van der Waals surface area (Å²) in [6, 6.07) is 11.9. The van der Waals surface area contributed by atoms with E-state index in [0.29, 0.717) is 29.4 Å². The lowest BCUT2D eigenvalue weighted by Gasteiger charge is -2.09. The largest absolute Gasteiger partial charge is 0.493 e. The molecule has 0 unspecified atom stereocenters. The molecule has 0 aliphatic heterocycles. The van der Waals surface area contributed by atoms with Gasteiger partial charge in [-0.05, 0) is 55.0 Å². The molecule has 0 heterocycles. The Labute approximate surface area is 152 Å². The molecule has 2 rings (SSSR count). The van der Waals surface area contributed by atoms with E-state index in [9.17, 15) is 9.59 Å². The second-order valence-electron chi connectivity index (χ2n) is 5.23. The van der Waals surface area contributed by atoms with E-state index in [1.165, 1.54) is 13.2 Å². The highest BCUT2D eigenvalue weighted by Crippen LogP contribution is 2.28. The number of anilines is 1. The molecular weight excluding hydrogens is 334 g/mol. The third kappa shape index (κ3) is 5.11. The van der Waals surface area contributed by atoms with Crippen LogP contribution in [-0.4, -0.2) is 32.7 Å². The molecule has 136 valence electrons. The van der Waals surface area contributed by atoms with Gasteiger partial charge in [-0.2, -0.15) is 0 Å². The summed E-state index contributed by atoms with van der Waals surface area (Å²) in [5.74, 6) is 0.547. The van der Waals surface area contributed by atoms with Gasteiger partial charge in [0.15, 0.2) is 11.5 Å². The average Bonchev–Trinajstić information content (AvgIpc) is 2.67. The van der Waals surface area contributed by atoms with E-state index in [1.807, 2.05) is 13.0 Å². The van der Waals surface area contributed by atoms with Gasteiger partial charge < -0.3 is 19.5 Å². The molecule has 0 aromatic heterocycles. The lowest BCUT2D eigenvalue weighted by atomic mass is 10.2. The van der Waals surface area contributed by atoms with E-state index in [-0.39, 0.29) is 5.91 Å². The number of amides is 1. The first-order valence-electron chi connectivity index (χ1n) is 8.05. The minimum Gasteiger partial charge on any atom is -0.493 e. The van der Waals surface area contributed by atoms with E-state index in [4.69, 9.17) is 9.47 Å². The zero-order valence-electron chi connectivity index (χ0n) is 14.9. The Kier molecular flexibility index (Phi) is 6.79. The molecule has 6 heteroatoms. The van der Waals surface area contributed by atoms with Crippen molar-refractivity contribution >= 4 is 23.6 Å². The summed E-state index contributed by atoms with van der Waals surface area (Å²) in [5.41, 5.74) is 1.81. The lowest BCUT2D eigenvalue weighted by molar-refractivity contribution is -0.111. The molecule has 0 bridgehead atoms. The summed E-state index contributed by atoms with van der Waals surface area (Å²) in [6.45, 7) is 2.44. The van der Waals surface area contributed by atoms with Crippen LogP contribution in [0.1, 0.15) is 22.8 Å². The number of carbonyl (C=O) groups is 2. The highest BCUT2D eigenvalue weighted by molar-refractivity contribution is 6.02. The molecule has 0 radical (unpaired) electrons. The van der Waals surface area contributed by atoms with Crippen LogP contribution in [0.5, 0.6) is 11.5 Å². The molecule has 0 atom stereocenters. The van der Waals surface area contributed by atoms with Gasteiger partial charge in [-0.15, -0.1) is 0 Å². The average molecular weight is 355 g/mol. The number of rotatable bonds is 7. The Morgan fingerprint density at radius 1 is 1.04 bits per heavy atom. The Balaban J connectivity index is 2.02. The molecule has 1 N–H and O–H groups in total. The second kappa shape index (κ2) is 9.27. The van der Waals surface area contributed by atoms with Crippen LogP contribution in [0.15, 0.2) is 48.5 Å². The monoisotopic (exact) mass is 355 g/mol. The summed E-state index contributed by atoms with van der Waals surface area (Å²) < 4.78 is 15.4. The Bertz CT molecular complexity index is 796. The van der Waals surface area contributed by atoms with Gasteiger partial charge in [0.25, 0.3) is 0 Å². The smallest absolute Gasteiger partial charge is 0.337 e. The van der Waals surface area contributed by atoms with E-state index >= 15 is 0 Å². The molecule has 0 aliphatic rings. The highest BCUT2D eigenvalue weighted by Gasteiger charge is 2.06. The number of nitrogens with one attached hydrogen (secondary N) is 1. The first-order chi connectivity index (χ1) is 12.6. The number of methoxy groups -OCH3 is 2. The molecule has 6 nitrogen and oxygen atoms in total. The van der Waals surface area contributed by atoms with Crippen molar-refractivity contribution < 1.29 is 23.8 Å². The van der Waals surface area contributed by atoms with Crippen LogP contribution < -0.4 is 14.8 Å². The molecule has 0 fully saturated rings. The number of benzene rings is 2. The molecule has 1 amide bonds. The van der Waals surface area contributed by atoms with E-state index < -0.39 is 5.97 Å². The summed E-state index contributed by atoms with van der Waals surface area (Å²) >= 11 is 0. The van der Waals surface area contributed by atoms with Gasteiger partial charge in [0.05, 0.1) is 26.4 Å². The van der Waals surface area contributed by atoms with Crippen LogP contribution in [0, 0.1) is 0 Å². The van der Waals surface area contributed by atoms with Crippen LogP contribution >= 0.6 is 0 Å². The minimum absolute atomic E-state index is 0.288. The van der Waals surface area contributed by atoms with Gasteiger partial charge in [-0.3, -0.25) is 4.79 Å². The molecule has 0 saturated carbocycles. The van der Waals surface area contributed by atoms with Crippen molar-refractivity contribution in [2.45, 2.75) is 6.92 Å². The van der Waals surface area contributed by atoms with Crippen molar-refractivity contribution in [3.05, 3.63) is 59.7 Å². The first kappa shape index (κ1) is 19.1. The third-order valence-electron chi connectivity index (χ3n) is 3.49. The summed E-state index contributed by atoms with van der Waals surface area (Å²) in [6.07, 6.45) is 3.10. The van der Waals surface area contributed by atoms with Crippen molar-refractivity contribution in [1.29, 1.82) is 0 Å². The third-order valence-corrected chi connectivity index (χ3v) is 3.49. The minimum atomic E-state index is -0.424. The maximum absolute atomic E-state index is 12.0. The topological polar surface area (TPSA) is 73.9 Å². The standard InChI is InChI=1S/C20H21NO5/c1-4-26-17-11-5-14(13-18(17)24-2)6-12-19(22)21-16-9-7-15(8-10-16)20(23)25-3/h5-13H,4H2,1-3H3,(H,21,22)/b12-6+. The lowest BCUT2D eigenvalue weighted by Crippen LogP contribution is -2.08. The van der Waals surface area contributed by atoms with Gasteiger partial charge in [-0.25, -0.2) is 4.79 Å². The fraction of sp³-hybridized carbons (Fsp3) is 0.200. The van der Waals surface area contributed by atoms with Gasteiger partial charge in [0, 0.05) is 11.8 Å². The first-order valence-corrected chi connectivity index (χ1v) is 8.05. The van der Waals surface area contributed by atoms with Gasteiger partial charge >= 0.3 is 5.97 Å². The van der Waals surface area contributed by atoms with Gasteiger partial charge in [0.2, 0.25) is 5.91 Å². The fourth-order valence-corrected chi connectivity index (χ4v) is 2.23. The summed E-state index contributed by atoms with van der Waals surface area (Å²) in [4.78, 5) is 23.4. The Hall–Kier alpha value is -3.28.